The SMILES string of the molecule is COc1cc(CNCCN(C)C(=O)OC(C)(C)C)c([N+](=O)[O-])cc1Nc1nccc(-c2cn(C)c3ccccc23)n1. The number of amides is 1. The van der Waals surface area contributed by atoms with Crippen LogP contribution in [-0.4, -0.2) is 63.3 Å². The van der Waals surface area contributed by atoms with Crippen LogP contribution < -0.4 is 15.4 Å². The summed E-state index contributed by atoms with van der Waals surface area (Å²) >= 11 is 0. The van der Waals surface area contributed by atoms with E-state index in [2.05, 4.69) is 20.6 Å². The van der Waals surface area contributed by atoms with Gasteiger partial charge in [0.1, 0.15) is 11.4 Å². The summed E-state index contributed by atoms with van der Waals surface area (Å²) in [5, 5.41) is 19.3. The molecule has 2 aromatic carbocycles. The van der Waals surface area contributed by atoms with Crippen LogP contribution in [0.5, 0.6) is 5.75 Å². The van der Waals surface area contributed by atoms with Gasteiger partial charge in [-0.2, -0.15) is 0 Å². The molecule has 0 atom stereocenters. The number of nitrogens with one attached hydrogen (secondary N) is 2. The van der Waals surface area contributed by atoms with Crippen LogP contribution in [0.1, 0.15) is 26.3 Å². The number of methoxy groups -OCH3 is 1. The van der Waals surface area contributed by atoms with Crippen molar-refractivity contribution in [2.24, 2.45) is 7.05 Å². The molecule has 0 fully saturated rings. The van der Waals surface area contributed by atoms with Gasteiger partial charge in [0.15, 0.2) is 0 Å². The standard InChI is InChI=1S/C29H35N7O5/c1-29(2,3)41-28(37)34(4)14-13-30-17-19-15-26(40-6)23(16-25(19)36(38)39)33-27-31-12-11-22(32-27)21-18-35(5)24-10-8-7-9-20(21)24/h7-12,15-16,18,30H,13-14,17H2,1-6H3,(H,31,32,33). The maximum Gasteiger partial charge on any atom is 0.410 e. The number of rotatable bonds is 10. The molecule has 0 spiro atoms. The van der Waals surface area contributed by atoms with Gasteiger partial charge in [-0.3, -0.25) is 10.1 Å². The van der Waals surface area contributed by atoms with Crippen molar-refractivity contribution < 1.29 is 19.2 Å². The summed E-state index contributed by atoms with van der Waals surface area (Å²) in [4.78, 5) is 34.1. The number of hydrogen-bond acceptors (Lipinski definition) is 9. The van der Waals surface area contributed by atoms with Gasteiger partial charge < -0.3 is 29.6 Å². The fourth-order valence-corrected chi connectivity index (χ4v) is 4.32. The van der Waals surface area contributed by atoms with Gasteiger partial charge in [-0.1, -0.05) is 18.2 Å². The fraction of sp³-hybridized carbons (Fsp3) is 0.345. The number of nitro groups is 1. The van der Waals surface area contributed by atoms with Crippen LogP contribution in [-0.2, 0) is 18.3 Å². The molecule has 0 aliphatic carbocycles. The number of carbonyl (C=O) groups is 1. The topological polar surface area (TPSA) is 137 Å². The third-order valence-corrected chi connectivity index (χ3v) is 6.32. The number of fused-ring (bicyclic) bond motifs is 1. The van der Waals surface area contributed by atoms with Gasteiger partial charge in [0, 0.05) is 74.2 Å². The molecule has 0 saturated carbocycles. The molecule has 1 amide bonds. The number of nitro benzene ring substituents is 1. The molecule has 4 rings (SSSR count). The molecule has 0 radical (unpaired) electrons. The van der Waals surface area contributed by atoms with Crippen LogP contribution in [0.25, 0.3) is 22.2 Å². The van der Waals surface area contributed by atoms with E-state index in [1.807, 2.05) is 48.1 Å². The Labute approximate surface area is 238 Å². The largest absolute Gasteiger partial charge is 0.495 e. The third kappa shape index (κ3) is 7.09. The van der Waals surface area contributed by atoms with Crippen LogP contribution in [0.15, 0.2) is 54.9 Å². The smallest absolute Gasteiger partial charge is 0.410 e. The van der Waals surface area contributed by atoms with Gasteiger partial charge in [-0.25, -0.2) is 14.8 Å². The summed E-state index contributed by atoms with van der Waals surface area (Å²) in [6, 6.07) is 12.9. The highest BCUT2D eigenvalue weighted by atomic mass is 16.6. The van der Waals surface area contributed by atoms with Gasteiger partial charge >= 0.3 is 6.09 Å². The molecule has 0 unspecified atom stereocenters. The number of carbonyl (C=O) groups excluding carboxylic acids is 1. The average molecular weight is 562 g/mol. The molecule has 2 aromatic heterocycles. The minimum atomic E-state index is -0.589. The minimum Gasteiger partial charge on any atom is -0.495 e. The van der Waals surface area contributed by atoms with E-state index >= 15 is 0 Å². The number of aromatic nitrogens is 3. The van der Waals surface area contributed by atoms with Crippen LogP contribution >= 0.6 is 0 Å². The van der Waals surface area contributed by atoms with Crippen molar-refractivity contribution in [1.82, 2.24) is 24.8 Å². The van der Waals surface area contributed by atoms with E-state index in [0.717, 1.165) is 16.5 Å². The maximum atomic E-state index is 12.1. The number of nitrogens with zero attached hydrogens (tertiary/aromatic N) is 5. The highest BCUT2D eigenvalue weighted by Crippen LogP contribution is 2.35. The van der Waals surface area contributed by atoms with Crippen LogP contribution in [0.2, 0.25) is 0 Å². The molecular weight excluding hydrogens is 526 g/mol. The summed E-state index contributed by atoms with van der Waals surface area (Å²) < 4.78 is 12.9. The lowest BCUT2D eigenvalue weighted by atomic mass is 10.1. The van der Waals surface area contributed by atoms with Crippen molar-refractivity contribution in [2.45, 2.75) is 32.9 Å². The lowest BCUT2D eigenvalue weighted by Crippen LogP contribution is -2.37. The summed E-state index contributed by atoms with van der Waals surface area (Å²) in [6.45, 7) is 6.37. The number of anilines is 2. The van der Waals surface area contributed by atoms with Crippen molar-refractivity contribution in [1.29, 1.82) is 0 Å². The van der Waals surface area contributed by atoms with Crippen molar-refractivity contribution in [2.75, 3.05) is 32.6 Å². The summed E-state index contributed by atoms with van der Waals surface area (Å²) in [7, 11) is 5.11. The summed E-state index contributed by atoms with van der Waals surface area (Å²) in [5.41, 5.74) is 2.86. The predicted molar refractivity (Wildman–Crippen MR) is 157 cm³/mol. The first-order chi connectivity index (χ1) is 19.5. The zero-order valence-corrected chi connectivity index (χ0v) is 24.1. The Bertz CT molecular complexity index is 1560. The Morgan fingerprint density at radius 2 is 1.95 bits per heavy atom. The molecule has 12 nitrogen and oxygen atoms in total. The molecule has 2 N–H and O–H groups in total. The van der Waals surface area contributed by atoms with Crippen LogP contribution in [0.4, 0.5) is 22.1 Å². The number of hydrogen-bond donors (Lipinski definition) is 2. The predicted octanol–water partition coefficient (Wildman–Crippen LogP) is 5.25. The zero-order valence-electron chi connectivity index (χ0n) is 24.1. The minimum absolute atomic E-state index is 0.0912. The second kappa shape index (κ2) is 12.2. The molecule has 4 aromatic rings. The first-order valence-electron chi connectivity index (χ1n) is 13.1. The Balaban J connectivity index is 1.50. The second-order valence-electron chi connectivity index (χ2n) is 10.6. The van der Waals surface area contributed by atoms with Crippen molar-refractivity contribution in [3.63, 3.8) is 0 Å². The van der Waals surface area contributed by atoms with Crippen molar-refractivity contribution in [3.8, 4) is 17.0 Å². The number of ether oxygens (including phenoxy) is 2. The van der Waals surface area contributed by atoms with Crippen LogP contribution in [0, 0.1) is 10.1 Å². The van der Waals surface area contributed by atoms with E-state index in [-0.39, 0.29) is 18.2 Å². The average Bonchev–Trinajstić information content (AvgIpc) is 3.26. The maximum absolute atomic E-state index is 12.1. The molecule has 0 saturated heterocycles. The highest BCUT2D eigenvalue weighted by Gasteiger charge is 2.21. The highest BCUT2D eigenvalue weighted by molar-refractivity contribution is 5.95. The van der Waals surface area contributed by atoms with Crippen molar-refractivity contribution >= 4 is 34.3 Å². The fourth-order valence-electron chi connectivity index (χ4n) is 4.32. The van der Waals surface area contributed by atoms with Gasteiger partial charge in [-0.05, 0) is 39.0 Å². The Hall–Kier alpha value is -4.71. The molecule has 12 heteroatoms. The molecule has 216 valence electrons. The number of aryl methyl sites for hydroxylation is 1. The lowest BCUT2D eigenvalue weighted by Gasteiger charge is -2.24. The van der Waals surface area contributed by atoms with Crippen LogP contribution in [0.3, 0.4) is 0 Å². The molecule has 0 aliphatic heterocycles. The first kappa shape index (κ1) is 29.3. The number of likely N-dealkylation sites (N-methyl/N-ethyl adjacent to an activating group) is 1. The monoisotopic (exact) mass is 561 g/mol. The van der Waals surface area contributed by atoms with Crippen molar-refractivity contribution in [3.05, 3.63) is 70.5 Å². The molecule has 41 heavy (non-hydrogen) atoms. The normalized spacial score (nSPS) is 11.4. The Morgan fingerprint density at radius 3 is 2.66 bits per heavy atom. The Morgan fingerprint density at radius 1 is 1.20 bits per heavy atom. The second-order valence-corrected chi connectivity index (χ2v) is 10.6. The number of benzene rings is 2. The lowest BCUT2D eigenvalue weighted by molar-refractivity contribution is -0.385. The van der Waals surface area contributed by atoms with E-state index in [4.69, 9.17) is 9.47 Å². The quantitative estimate of drug-likeness (QED) is 0.151. The zero-order chi connectivity index (χ0) is 29.7. The summed E-state index contributed by atoms with van der Waals surface area (Å²) in [6.07, 6.45) is 3.21. The molecule has 0 bridgehead atoms. The first-order valence-corrected chi connectivity index (χ1v) is 13.1. The number of para-hydroxylation sites is 1. The molecule has 0 aliphatic rings. The van der Waals surface area contributed by atoms with Gasteiger partial charge in [0.2, 0.25) is 5.95 Å². The van der Waals surface area contributed by atoms with E-state index in [0.29, 0.717) is 35.8 Å². The molecule has 2 heterocycles. The van der Waals surface area contributed by atoms with Gasteiger partial charge in [-0.15, -0.1) is 0 Å². The van der Waals surface area contributed by atoms with Gasteiger partial charge in [0.25, 0.3) is 5.69 Å². The van der Waals surface area contributed by atoms with E-state index in [1.54, 1.807) is 40.1 Å². The van der Waals surface area contributed by atoms with E-state index in [9.17, 15) is 14.9 Å². The van der Waals surface area contributed by atoms with E-state index < -0.39 is 16.6 Å². The summed E-state index contributed by atoms with van der Waals surface area (Å²) in [5.74, 6) is 0.677. The van der Waals surface area contributed by atoms with Gasteiger partial charge in [0.05, 0.1) is 23.4 Å². The van der Waals surface area contributed by atoms with E-state index in [1.165, 1.54) is 18.1 Å². The Kier molecular flexibility index (Phi) is 8.72. The third-order valence-electron chi connectivity index (χ3n) is 6.32. The molecular formula is C29H35N7O5.